The van der Waals surface area contributed by atoms with Gasteiger partial charge in [-0.25, -0.2) is 4.39 Å². The van der Waals surface area contributed by atoms with Gasteiger partial charge in [0.15, 0.2) is 6.10 Å². The van der Waals surface area contributed by atoms with Crippen LogP contribution >= 0.6 is 15.9 Å². The van der Waals surface area contributed by atoms with Gasteiger partial charge in [-0.2, -0.15) is 0 Å². The number of rotatable bonds is 4. The van der Waals surface area contributed by atoms with Gasteiger partial charge in [0.25, 0.3) is 0 Å². The second-order valence-corrected chi connectivity index (χ2v) is 4.72. The lowest BCUT2D eigenvalue weighted by Gasteiger charge is -2.15. The quantitative estimate of drug-likeness (QED) is 0.938. The Kier molecular flexibility index (Phi) is 4.04. The molecule has 0 amide bonds. The average Bonchev–Trinajstić information content (AvgIpc) is 2.77. The molecular formula is C13H13BrFNO2. The van der Waals surface area contributed by atoms with Gasteiger partial charge in [-0.15, -0.1) is 0 Å². The van der Waals surface area contributed by atoms with Gasteiger partial charge >= 0.3 is 0 Å². The Labute approximate surface area is 113 Å². The predicted octanol–water partition coefficient (Wildman–Crippen LogP) is 3.57. The molecule has 0 bridgehead atoms. The standard InChI is InChI=1S/C13H13BrFNO2/c1-8-2-5-12(17-8)13(7-16)18-9-3-4-11(15)10(14)6-9/h2-6,13H,7,16H2,1H3. The Bertz CT molecular complexity index is 542. The number of aryl methyl sites for hydroxylation is 1. The van der Waals surface area contributed by atoms with E-state index in [2.05, 4.69) is 15.9 Å². The highest BCUT2D eigenvalue weighted by Crippen LogP contribution is 2.26. The lowest BCUT2D eigenvalue weighted by Crippen LogP contribution is -2.17. The van der Waals surface area contributed by atoms with Crippen molar-refractivity contribution in [3.63, 3.8) is 0 Å². The molecule has 2 aromatic rings. The van der Waals surface area contributed by atoms with Gasteiger partial charge in [0.1, 0.15) is 23.1 Å². The molecule has 1 aromatic heterocycles. The molecule has 0 aliphatic carbocycles. The van der Waals surface area contributed by atoms with Crippen molar-refractivity contribution in [1.29, 1.82) is 0 Å². The number of benzene rings is 1. The van der Waals surface area contributed by atoms with Crippen molar-refractivity contribution in [1.82, 2.24) is 0 Å². The Morgan fingerprint density at radius 2 is 2.17 bits per heavy atom. The van der Waals surface area contributed by atoms with Gasteiger partial charge in [-0.3, -0.25) is 0 Å². The van der Waals surface area contributed by atoms with E-state index in [-0.39, 0.29) is 18.5 Å². The fourth-order valence-corrected chi connectivity index (χ4v) is 1.92. The SMILES string of the molecule is Cc1ccc(C(CN)Oc2ccc(F)c(Br)c2)o1. The molecule has 1 aromatic carbocycles. The van der Waals surface area contributed by atoms with Crippen LogP contribution in [0.25, 0.3) is 0 Å². The normalized spacial score (nSPS) is 12.4. The Hall–Kier alpha value is -1.33. The molecule has 2 N–H and O–H groups in total. The molecule has 3 nitrogen and oxygen atoms in total. The Balaban J connectivity index is 2.17. The number of hydrogen-bond donors (Lipinski definition) is 1. The average molecular weight is 314 g/mol. The minimum Gasteiger partial charge on any atom is -0.481 e. The minimum atomic E-state index is -0.379. The van der Waals surface area contributed by atoms with Gasteiger partial charge in [0.2, 0.25) is 0 Å². The van der Waals surface area contributed by atoms with Gasteiger partial charge in [-0.1, -0.05) is 0 Å². The van der Waals surface area contributed by atoms with E-state index in [4.69, 9.17) is 14.9 Å². The maximum Gasteiger partial charge on any atom is 0.168 e. The first-order valence-corrected chi connectivity index (χ1v) is 6.27. The van der Waals surface area contributed by atoms with Gasteiger partial charge in [-0.05, 0) is 53.2 Å². The summed E-state index contributed by atoms with van der Waals surface area (Å²) in [6, 6.07) is 8.13. The monoisotopic (exact) mass is 313 g/mol. The zero-order valence-corrected chi connectivity index (χ0v) is 11.4. The molecule has 0 saturated carbocycles. The first-order chi connectivity index (χ1) is 8.60. The molecule has 0 spiro atoms. The summed E-state index contributed by atoms with van der Waals surface area (Å²) in [6.45, 7) is 2.13. The third-order valence-electron chi connectivity index (χ3n) is 2.46. The molecule has 0 saturated heterocycles. The van der Waals surface area contributed by atoms with Crippen LogP contribution in [-0.2, 0) is 0 Å². The van der Waals surface area contributed by atoms with E-state index in [1.165, 1.54) is 6.07 Å². The van der Waals surface area contributed by atoms with E-state index >= 15 is 0 Å². The maximum atomic E-state index is 13.1. The molecule has 2 rings (SSSR count). The van der Waals surface area contributed by atoms with E-state index in [1.807, 2.05) is 19.1 Å². The van der Waals surface area contributed by atoms with E-state index in [0.29, 0.717) is 16.0 Å². The van der Waals surface area contributed by atoms with Crippen molar-refractivity contribution < 1.29 is 13.5 Å². The molecule has 1 atom stereocenters. The second-order valence-electron chi connectivity index (χ2n) is 3.87. The summed E-state index contributed by atoms with van der Waals surface area (Å²) in [5, 5.41) is 0. The number of halogens is 2. The fraction of sp³-hybridized carbons (Fsp3) is 0.231. The molecule has 0 radical (unpaired) electrons. The minimum absolute atomic E-state index is 0.280. The van der Waals surface area contributed by atoms with Crippen LogP contribution in [0.4, 0.5) is 4.39 Å². The van der Waals surface area contributed by atoms with Gasteiger partial charge < -0.3 is 14.9 Å². The van der Waals surface area contributed by atoms with Crippen molar-refractivity contribution in [3.05, 3.63) is 52.1 Å². The summed E-state index contributed by atoms with van der Waals surface area (Å²) in [7, 11) is 0. The van der Waals surface area contributed by atoms with Crippen molar-refractivity contribution in [2.24, 2.45) is 5.73 Å². The van der Waals surface area contributed by atoms with Crippen molar-refractivity contribution in [2.45, 2.75) is 13.0 Å². The van der Waals surface area contributed by atoms with Crippen molar-refractivity contribution >= 4 is 15.9 Å². The highest BCUT2D eigenvalue weighted by molar-refractivity contribution is 9.10. The summed E-state index contributed by atoms with van der Waals surface area (Å²) >= 11 is 3.11. The zero-order chi connectivity index (χ0) is 13.1. The Morgan fingerprint density at radius 1 is 1.39 bits per heavy atom. The fourth-order valence-electron chi connectivity index (χ4n) is 1.56. The molecule has 96 valence electrons. The van der Waals surface area contributed by atoms with Gasteiger partial charge in [0.05, 0.1) is 4.47 Å². The third-order valence-corrected chi connectivity index (χ3v) is 3.07. The summed E-state index contributed by atoms with van der Waals surface area (Å²) in [5.41, 5.74) is 5.66. The number of hydrogen-bond acceptors (Lipinski definition) is 3. The maximum absolute atomic E-state index is 13.1. The number of furan rings is 1. The smallest absolute Gasteiger partial charge is 0.168 e. The molecular weight excluding hydrogens is 301 g/mol. The topological polar surface area (TPSA) is 48.4 Å². The predicted molar refractivity (Wildman–Crippen MR) is 70.0 cm³/mol. The van der Waals surface area contributed by atoms with E-state index < -0.39 is 0 Å². The third kappa shape index (κ3) is 2.91. The molecule has 18 heavy (non-hydrogen) atoms. The molecule has 5 heteroatoms. The van der Waals surface area contributed by atoms with Crippen LogP contribution in [-0.4, -0.2) is 6.54 Å². The van der Waals surface area contributed by atoms with Crippen LogP contribution in [0.5, 0.6) is 5.75 Å². The largest absolute Gasteiger partial charge is 0.481 e. The van der Waals surface area contributed by atoms with E-state index in [9.17, 15) is 4.39 Å². The first-order valence-electron chi connectivity index (χ1n) is 5.48. The summed E-state index contributed by atoms with van der Waals surface area (Å²) in [5.74, 6) is 1.66. The zero-order valence-electron chi connectivity index (χ0n) is 9.82. The molecule has 0 fully saturated rings. The highest BCUT2D eigenvalue weighted by Gasteiger charge is 2.15. The van der Waals surface area contributed by atoms with Crippen LogP contribution in [0.3, 0.4) is 0 Å². The van der Waals surface area contributed by atoms with Crippen molar-refractivity contribution in [3.8, 4) is 5.75 Å². The molecule has 1 unspecified atom stereocenters. The van der Waals surface area contributed by atoms with Crippen LogP contribution in [0.15, 0.2) is 39.2 Å². The molecule has 0 aliphatic heterocycles. The number of ether oxygens (including phenoxy) is 1. The van der Waals surface area contributed by atoms with Crippen LogP contribution in [0, 0.1) is 12.7 Å². The Morgan fingerprint density at radius 3 is 2.72 bits per heavy atom. The lowest BCUT2D eigenvalue weighted by atomic mass is 10.2. The summed E-state index contributed by atoms with van der Waals surface area (Å²) < 4.78 is 24.6. The summed E-state index contributed by atoms with van der Waals surface area (Å²) in [6.07, 6.45) is -0.379. The van der Waals surface area contributed by atoms with Crippen LogP contribution in [0.2, 0.25) is 0 Å². The van der Waals surface area contributed by atoms with Crippen LogP contribution < -0.4 is 10.5 Å². The van der Waals surface area contributed by atoms with E-state index in [0.717, 1.165) is 5.76 Å². The highest BCUT2D eigenvalue weighted by atomic mass is 79.9. The lowest BCUT2D eigenvalue weighted by molar-refractivity contribution is 0.182. The molecule has 1 heterocycles. The van der Waals surface area contributed by atoms with Crippen LogP contribution in [0.1, 0.15) is 17.6 Å². The van der Waals surface area contributed by atoms with E-state index in [1.54, 1.807) is 12.1 Å². The van der Waals surface area contributed by atoms with Crippen molar-refractivity contribution in [2.75, 3.05) is 6.54 Å². The van der Waals surface area contributed by atoms with Gasteiger partial charge in [0, 0.05) is 6.54 Å². The first kappa shape index (κ1) is 13.1. The summed E-state index contributed by atoms with van der Waals surface area (Å²) in [4.78, 5) is 0. The number of nitrogens with two attached hydrogens (primary N) is 1. The molecule has 0 aliphatic rings. The second kappa shape index (κ2) is 5.54.